The number of amides is 2. The van der Waals surface area contributed by atoms with Crippen LogP contribution in [-0.4, -0.2) is 41.8 Å². The van der Waals surface area contributed by atoms with Crippen molar-refractivity contribution in [2.24, 2.45) is 5.92 Å². The van der Waals surface area contributed by atoms with Crippen molar-refractivity contribution in [2.45, 2.75) is 38.1 Å². The van der Waals surface area contributed by atoms with E-state index in [1.54, 1.807) is 5.32 Å². The third-order valence-electron chi connectivity index (χ3n) is 2.59. The highest BCUT2D eigenvalue weighted by Gasteiger charge is 2.45. The van der Waals surface area contributed by atoms with Crippen molar-refractivity contribution >= 4 is 11.8 Å². The number of aliphatic hydroxyl groups excluding tert-OH is 1. The van der Waals surface area contributed by atoms with Gasteiger partial charge in [-0.2, -0.15) is 13.2 Å². The highest BCUT2D eigenvalue weighted by Crippen LogP contribution is 2.28. The number of carbonyl (C=O) groups excluding carboxylic acids is 2. The average molecular weight is 284 g/mol. The summed E-state index contributed by atoms with van der Waals surface area (Å²) in [5, 5.41) is 10.6. The van der Waals surface area contributed by atoms with Crippen molar-refractivity contribution in [3.63, 3.8) is 0 Å². The van der Waals surface area contributed by atoms with Gasteiger partial charge in [0.1, 0.15) is 18.6 Å². The molecular formula is C10H15F3N2O4. The molecule has 1 rings (SSSR count). The molecule has 2 amide bonds. The Morgan fingerprint density at radius 3 is 2.68 bits per heavy atom. The van der Waals surface area contributed by atoms with E-state index in [0.29, 0.717) is 0 Å². The third-order valence-corrected chi connectivity index (χ3v) is 2.59. The Hall–Kier alpha value is -1.35. The number of piperidine rings is 1. The summed E-state index contributed by atoms with van der Waals surface area (Å²) < 4.78 is 37.1. The number of hydroxylamine groups is 1. The van der Waals surface area contributed by atoms with E-state index in [1.165, 1.54) is 6.92 Å². The van der Waals surface area contributed by atoms with Crippen LogP contribution in [0.15, 0.2) is 0 Å². The molecule has 6 nitrogen and oxygen atoms in total. The molecule has 9 heteroatoms. The Labute approximate surface area is 107 Å². The second kappa shape index (κ2) is 6.20. The quantitative estimate of drug-likeness (QED) is 0.496. The summed E-state index contributed by atoms with van der Waals surface area (Å²) in [6.07, 6.45) is -5.89. The van der Waals surface area contributed by atoms with Gasteiger partial charge in [-0.25, -0.2) is 5.48 Å². The van der Waals surface area contributed by atoms with Gasteiger partial charge in [0, 0.05) is 0 Å². The number of hydrogen-bond donors (Lipinski definition) is 3. The molecule has 0 radical (unpaired) electrons. The Bertz CT molecular complexity index is 346. The van der Waals surface area contributed by atoms with Crippen molar-refractivity contribution in [1.82, 2.24) is 10.8 Å². The average Bonchev–Trinajstić information content (AvgIpc) is 2.26. The highest BCUT2D eigenvalue weighted by atomic mass is 19.4. The Morgan fingerprint density at radius 2 is 2.21 bits per heavy atom. The lowest BCUT2D eigenvalue weighted by atomic mass is 9.93. The van der Waals surface area contributed by atoms with Gasteiger partial charge in [0.25, 0.3) is 5.91 Å². The second-order valence-corrected chi connectivity index (χ2v) is 4.36. The maximum Gasteiger partial charge on any atom is 0.408 e. The first-order valence-electron chi connectivity index (χ1n) is 5.68. The first kappa shape index (κ1) is 15.7. The minimum atomic E-state index is -4.51. The second-order valence-electron chi connectivity index (χ2n) is 4.36. The van der Waals surface area contributed by atoms with Crippen LogP contribution in [0, 0.1) is 5.92 Å². The molecule has 110 valence electrons. The minimum Gasteiger partial charge on any atom is -0.391 e. The molecule has 0 aromatic rings. The molecule has 1 aliphatic heterocycles. The lowest BCUT2D eigenvalue weighted by Gasteiger charge is -2.29. The maximum atomic E-state index is 12.4. The van der Waals surface area contributed by atoms with Crippen molar-refractivity contribution < 1.29 is 32.7 Å². The predicted octanol–water partition coefficient (Wildman–Crippen LogP) is -0.128. The van der Waals surface area contributed by atoms with E-state index < -0.39 is 36.1 Å². The molecule has 1 fully saturated rings. The van der Waals surface area contributed by atoms with Crippen molar-refractivity contribution in [3.8, 4) is 0 Å². The fourth-order valence-corrected chi connectivity index (χ4v) is 1.61. The first-order chi connectivity index (χ1) is 8.71. The number of halogens is 3. The van der Waals surface area contributed by atoms with Crippen molar-refractivity contribution in [3.05, 3.63) is 0 Å². The molecule has 3 N–H and O–H groups in total. The summed E-state index contributed by atoms with van der Waals surface area (Å²) in [7, 11) is 0. The molecule has 3 unspecified atom stereocenters. The van der Waals surface area contributed by atoms with Crippen LogP contribution in [-0.2, 0) is 14.4 Å². The van der Waals surface area contributed by atoms with Crippen LogP contribution in [0.25, 0.3) is 0 Å². The number of hydrogen-bond acceptors (Lipinski definition) is 4. The molecule has 1 heterocycles. The summed E-state index contributed by atoms with van der Waals surface area (Å²) in [5.41, 5.74) is 1.93. The van der Waals surface area contributed by atoms with Gasteiger partial charge in [-0.15, -0.1) is 0 Å². The van der Waals surface area contributed by atoms with Gasteiger partial charge in [0.2, 0.25) is 5.91 Å². The van der Waals surface area contributed by atoms with Crippen LogP contribution in [0.4, 0.5) is 13.2 Å². The Kier molecular flexibility index (Phi) is 5.12. The number of alkyl halides is 3. The first-order valence-corrected chi connectivity index (χ1v) is 5.68. The van der Waals surface area contributed by atoms with Gasteiger partial charge in [-0.05, 0) is 19.8 Å². The predicted molar refractivity (Wildman–Crippen MR) is 56.5 cm³/mol. The topological polar surface area (TPSA) is 87.7 Å². The Balaban J connectivity index is 2.45. The number of aliphatic hydroxyl groups is 1. The van der Waals surface area contributed by atoms with Gasteiger partial charge in [-0.3, -0.25) is 14.4 Å². The highest BCUT2D eigenvalue weighted by molar-refractivity contribution is 6.00. The zero-order chi connectivity index (χ0) is 14.6. The monoisotopic (exact) mass is 284 g/mol. The van der Waals surface area contributed by atoms with Crippen LogP contribution >= 0.6 is 0 Å². The van der Waals surface area contributed by atoms with Crippen molar-refractivity contribution in [2.75, 3.05) is 6.61 Å². The standard InChI is InChI=1S/C10H15F3N2O4/c1-5(16)4-19-15-9(18)6-2-3-7(10(11,12)13)14-8(6)17/h5-7,16H,2-4H2,1H3,(H,14,17)(H,15,18). The molecule has 0 bridgehead atoms. The number of carbonyl (C=O) groups is 2. The van der Waals surface area contributed by atoms with E-state index in [4.69, 9.17) is 5.11 Å². The normalized spacial score (nSPS) is 25.6. The van der Waals surface area contributed by atoms with Crippen LogP contribution in [0.2, 0.25) is 0 Å². The van der Waals surface area contributed by atoms with E-state index in [2.05, 4.69) is 4.84 Å². The molecule has 0 aromatic carbocycles. The summed E-state index contributed by atoms with van der Waals surface area (Å²) >= 11 is 0. The molecule has 0 saturated carbocycles. The Morgan fingerprint density at radius 1 is 1.58 bits per heavy atom. The largest absolute Gasteiger partial charge is 0.408 e. The molecule has 1 saturated heterocycles. The molecule has 0 spiro atoms. The van der Waals surface area contributed by atoms with Crippen LogP contribution < -0.4 is 10.8 Å². The van der Waals surface area contributed by atoms with Gasteiger partial charge in [-0.1, -0.05) is 0 Å². The van der Waals surface area contributed by atoms with E-state index in [-0.39, 0.29) is 19.4 Å². The van der Waals surface area contributed by atoms with E-state index in [0.717, 1.165) is 0 Å². The summed E-state index contributed by atoms with van der Waals surface area (Å²) in [4.78, 5) is 27.5. The van der Waals surface area contributed by atoms with Crippen molar-refractivity contribution in [1.29, 1.82) is 0 Å². The van der Waals surface area contributed by atoms with Crippen LogP contribution in [0.3, 0.4) is 0 Å². The molecule has 0 aliphatic carbocycles. The minimum absolute atomic E-state index is 0.175. The SMILES string of the molecule is CC(O)CONC(=O)C1CCC(C(F)(F)F)NC1=O. The van der Waals surface area contributed by atoms with Crippen LogP contribution in [0.5, 0.6) is 0 Å². The number of rotatable bonds is 4. The molecule has 0 aromatic heterocycles. The third kappa shape index (κ3) is 4.67. The zero-order valence-corrected chi connectivity index (χ0v) is 10.2. The summed E-state index contributed by atoms with van der Waals surface area (Å²) in [6, 6.07) is -1.91. The van der Waals surface area contributed by atoms with Gasteiger partial charge >= 0.3 is 6.18 Å². The molecular weight excluding hydrogens is 269 g/mol. The maximum absolute atomic E-state index is 12.4. The van der Waals surface area contributed by atoms with E-state index >= 15 is 0 Å². The summed E-state index contributed by atoms with van der Waals surface area (Å²) in [5.74, 6) is -3.02. The zero-order valence-electron chi connectivity index (χ0n) is 10.2. The smallest absolute Gasteiger partial charge is 0.391 e. The fraction of sp³-hybridized carbons (Fsp3) is 0.800. The lowest BCUT2D eigenvalue weighted by molar-refractivity contribution is -0.172. The van der Waals surface area contributed by atoms with Gasteiger partial charge < -0.3 is 10.4 Å². The van der Waals surface area contributed by atoms with Crippen LogP contribution in [0.1, 0.15) is 19.8 Å². The lowest BCUT2D eigenvalue weighted by Crippen LogP contribution is -2.54. The van der Waals surface area contributed by atoms with E-state index in [1.807, 2.05) is 5.48 Å². The number of nitrogens with one attached hydrogen (secondary N) is 2. The molecule has 19 heavy (non-hydrogen) atoms. The van der Waals surface area contributed by atoms with Gasteiger partial charge in [0.05, 0.1) is 6.10 Å². The molecule has 3 atom stereocenters. The van der Waals surface area contributed by atoms with E-state index in [9.17, 15) is 22.8 Å². The van der Waals surface area contributed by atoms with Gasteiger partial charge in [0.15, 0.2) is 0 Å². The fourth-order valence-electron chi connectivity index (χ4n) is 1.61. The summed E-state index contributed by atoms with van der Waals surface area (Å²) in [6.45, 7) is 1.25. The molecule has 1 aliphatic rings.